The number of hydrogen-bond donors (Lipinski definition) is 0. The normalized spacial score (nSPS) is 15.3. The summed E-state index contributed by atoms with van der Waals surface area (Å²) in [6, 6.07) is 4.20. The van der Waals surface area contributed by atoms with Gasteiger partial charge in [0, 0.05) is 21.5 Å². The van der Waals surface area contributed by atoms with Gasteiger partial charge in [-0.3, -0.25) is 0 Å². The Morgan fingerprint density at radius 2 is 1.82 bits per heavy atom. The first kappa shape index (κ1) is 15.0. The summed E-state index contributed by atoms with van der Waals surface area (Å²) in [7, 11) is -2.45. The molecule has 0 unspecified atom stereocenters. The summed E-state index contributed by atoms with van der Waals surface area (Å²) in [5, 5.41) is 0.443. The zero-order valence-corrected chi connectivity index (χ0v) is 12.5. The molecule has 0 aliphatic carbocycles. The first-order valence-corrected chi connectivity index (χ1v) is 9.04. The average molecular weight is 337 g/mol. The van der Waals surface area contributed by atoms with E-state index >= 15 is 0 Å². The van der Waals surface area contributed by atoms with E-state index in [1.165, 1.54) is 25.1 Å². The monoisotopic (exact) mass is 335 g/mol. The zero-order valence-electron chi connectivity index (χ0n) is 8.56. The maximum Gasteiger partial charge on any atom is 0.347 e. The smallest absolute Gasteiger partial charge is 0.244 e. The summed E-state index contributed by atoms with van der Waals surface area (Å²) in [5.41, 5.74) is 0. The number of nitrogens with zero attached hydrogens (tertiary/aromatic N) is 1. The Bertz CT molecular complexity index is 648. The van der Waals surface area contributed by atoms with Crippen molar-refractivity contribution >= 4 is 52.9 Å². The van der Waals surface area contributed by atoms with E-state index in [0.717, 1.165) is 0 Å². The molecule has 0 aliphatic rings. The van der Waals surface area contributed by atoms with Gasteiger partial charge < -0.3 is 0 Å². The summed E-state index contributed by atoms with van der Waals surface area (Å²) >= 11 is 11.6. The minimum Gasteiger partial charge on any atom is -0.244 e. The van der Waals surface area contributed by atoms with Crippen molar-refractivity contribution in [1.82, 2.24) is 0 Å². The van der Waals surface area contributed by atoms with Gasteiger partial charge >= 0.3 is 9.24 Å². The van der Waals surface area contributed by atoms with Crippen molar-refractivity contribution in [2.45, 2.75) is 11.8 Å². The molecule has 0 aromatic heterocycles. The van der Waals surface area contributed by atoms with E-state index in [1.54, 1.807) is 0 Å². The van der Waals surface area contributed by atoms with Crippen LogP contribution in [0.1, 0.15) is 6.92 Å². The molecule has 0 saturated carbocycles. The van der Waals surface area contributed by atoms with Gasteiger partial charge in [-0.15, -0.1) is 0 Å². The van der Waals surface area contributed by atoms with Crippen LogP contribution in [0.2, 0.25) is 10.0 Å². The van der Waals surface area contributed by atoms with Crippen molar-refractivity contribution < 1.29 is 12.6 Å². The van der Waals surface area contributed by atoms with Gasteiger partial charge in [-0.2, -0.15) is 8.42 Å². The topological polar surface area (TPSA) is 63.6 Å². The van der Waals surface area contributed by atoms with Gasteiger partial charge in [-0.1, -0.05) is 33.9 Å². The van der Waals surface area contributed by atoms with Crippen LogP contribution in [0, 0.1) is 0 Å². The fraction of sp³-hybridized carbons (Fsp3) is 0.250. The van der Waals surface area contributed by atoms with Crippen LogP contribution in [0.3, 0.4) is 0 Å². The first-order chi connectivity index (χ1) is 7.68. The predicted molar refractivity (Wildman–Crippen MR) is 70.6 cm³/mol. The highest BCUT2D eigenvalue weighted by atomic mass is 35.7. The van der Waals surface area contributed by atoms with Crippen LogP contribution in [0.5, 0.6) is 0 Å². The van der Waals surface area contributed by atoms with Crippen LogP contribution >= 0.6 is 33.9 Å². The maximum atomic E-state index is 12.3. The lowest BCUT2D eigenvalue weighted by Crippen LogP contribution is -2.06. The molecule has 0 heterocycles. The number of benzene rings is 1. The zero-order chi connectivity index (χ0) is 13.3. The van der Waals surface area contributed by atoms with E-state index in [4.69, 9.17) is 33.9 Å². The molecule has 0 bridgehead atoms. The molecule has 0 aliphatic heterocycles. The molecular formula is C8H8Cl3NO3S2. The van der Waals surface area contributed by atoms with Crippen molar-refractivity contribution in [2.75, 3.05) is 5.75 Å². The molecule has 96 valence electrons. The largest absolute Gasteiger partial charge is 0.347 e. The minimum absolute atomic E-state index is 0.0275. The Balaban J connectivity index is 3.58. The molecule has 0 fully saturated rings. The summed E-state index contributed by atoms with van der Waals surface area (Å²) in [4.78, 5) is 0.107. The van der Waals surface area contributed by atoms with Crippen molar-refractivity contribution in [3.05, 3.63) is 28.2 Å². The molecule has 9 heteroatoms. The van der Waals surface area contributed by atoms with E-state index in [-0.39, 0.29) is 15.7 Å². The predicted octanol–water partition coefficient (Wildman–Crippen LogP) is 3.32. The highest BCUT2D eigenvalue weighted by molar-refractivity contribution is 8.17. The standard InChI is InChI=1S/C8H8Cl3NO3S2/c1-2-16(13,12-17(11,14)15)8-4-3-6(9)5-7(8)10/h3-5H,2H2,1H3/t16-/m1/s1. The van der Waals surface area contributed by atoms with Crippen molar-refractivity contribution in [2.24, 2.45) is 3.77 Å². The van der Waals surface area contributed by atoms with E-state index in [0.29, 0.717) is 5.02 Å². The summed E-state index contributed by atoms with van der Waals surface area (Å²) in [5.74, 6) is -0.0275. The third kappa shape index (κ3) is 3.99. The number of hydrogen-bond acceptors (Lipinski definition) is 3. The fourth-order valence-corrected chi connectivity index (χ4v) is 5.56. The molecule has 0 spiro atoms. The minimum atomic E-state index is -4.24. The van der Waals surface area contributed by atoms with E-state index < -0.39 is 19.0 Å². The summed E-state index contributed by atoms with van der Waals surface area (Å²) in [6.07, 6.45) is 0. The van der Waals surface area contributed by atoms with Gasteiger partial charge in [-0.25, -0.2) is 4.21 Å². The van der Waals surface area contributed by atoms with Gasteiger partial charge in [0.05, 0.1) is 19.6 Å². The Hall–Kier alpha value is -0.0100. The maximum absolute atomic E-state index is 12.3. The molecular weight excluding hydrogens is 329 g/mol. The SMILES string of the molecule is CC[S@](=O)(=NS(=O)(=O)Cl)c1ccc(Cl)cc1Cl. The molecule has 1 aromatic carbocycles. The molecule has 4 nitrogen and oxygen atoms in total. The highest BCUT2D eigenvalue weighted by Crippen LogP contribution is 2.28. The van der Waals surface area contributed by atoms with Gasteiger partial charge in [0.25, 0.3) is 0 Å². The molecule has 0 N–H and O–H groups in total. The molecule has 0 radical (unpaired) electrons. The van der Waals surface area contributed by atoms with Gasteiger partial charge in [0.2, 0.25) is 0 Å². The fourth-order valence-electron chi connectivity index (χ4n) is 1.13. The molecule has 0 amide bonds. The Kier molecular flexibility index (Phi) is 4.71. The first-order valence-electron chi connectivity index (χ1n) is 4.34. The Morgan fingerprint density at radius 3 is 2.24 bits per heavy atom. The number of rotatable bonds is 3. The summed E-state index contributed by atoms with van der Waals surface area (Å²) < 4.78 is 37.3. The van der Waals surface area contributed by atoms with Gasteiger partial charge in [0.15, 0.2) is 0 Å². The van der Waals surface area contributed by atoms with Crippen molar-refractivity contribution in [3.63, 3.8) is 0 Å². The Labute approximate surface area is 115 Å². The van der Waals surface area contributed by atoms with Crippen LogP contribution in [-0.4, -0.2) is 18.4 Å². The average Bonchev–Trinajstić information content (AvgIpc) is 2.14. The lowest BCUT2D eigenvalue weighted by atomic mass is 10.4. The second-order valence-electron chi connectivity index (χ2n) is 2.99. The second-order valence-corrected chi connectivity index (χ2v) is 8.72. The molecule has 1 rings (SSSR count). The molecule has 17 heavy (non-hydrogen) atoms. The lowest BCUT2D eigenvalue weighted by Gasteiger charge is -2.08. The van der Waals surface area contributed by atoms with Gasteiger partial charge in [0.1, 0.15) is 0 Å². The van der Waals surface area contributed by atoms with Crippen LogP contribution in [0.15, 0.2) is 26.9 Å². The van der Waals surface area contributed by atoms with Crippen LogP contribution in [0.4, 0.5) is 0 Å². The van der Waals surface area contributed by atoms with Crippen LogP contribution in [-0.2, 0) is 19.0 Å². The third-order valence-electron chi connectivity index (χ3n) is 1.84. The van der Waals surface area contributed by atoms with Gasteiger partial charge in [-0.05, 0) is 18.2 Å². The Morgan fingerprint density at radius 1 is 1.24 bits per heavy atom. The lowest BCUT2D eigenvalue weighted by molar-refractivity contribution is 0.611. The molecule has 0 saturated heterocycles. The molecule has 1 aromatic rings. The molecule has 1 atom stereocenters. The summed E-state index contributed by atoms with van der Waals surface area (Å²) in [6.45, 7) is 1.53. The quantitative estimate of drug-likeness (QED) is 0.795. The van der Waals surface area contributed by atoms with Crippen LogP contribution in [0.25, 0.3) is 0 Å². The highest BCUT2D eigenvalue weighted by Gasteiger charge is 2.18. The van der Waals surface area contributed by atoms with Crippen molar-refractivity contribution in [3.8, 4) is 0 Å². The number of halogens is 3. The second kappa shape index (κ2) is 5.32. The van der Waals surface area contributed by atoms with Crippen LogP contribution < -0.4 is 0 Å². The van der Waals surface area contributed by atoms with E-state index in [9.17, 15) is 12.6 Å². The van der Waals surface area contributed by atoms with E-state index in [2.05, 4.69) is 3.77 Å². The van der Waals surface area contributed by atoms with E-state index in [1.807, 2.05) is 0 Å². The van der Waals surface area contributed by atoms with Crippen molar-refractivity contribution in [1.29, 1.82) is 0 Å². The third-order valence-corrected chi connectivity index (χ3v) is 6.51.